The van der Waals surface area contributed by atoms with Gasteiger partial charge in [0, 0.05) is 12.6 Å². The number of aliphatic hydroxyl groups excluding tert-OH is 2. The Kier molecular flexibility index (Phi) is 4.25. The van der Waals surface area contributed by atoms with E-state index in [-0.39, 0.29) is 11.9 Å². The van der Waals surface area contributed by atoms with Gasteiger partial charge in [0.05, 0.1) is 12.2 Å². The van der Waals surface area contributed by atoms with Crippen LogP contribution in [0.2, 0.25) is 0 Å². The van der Waals surface area contributed by atoms with Gasteiger partial charge in [-0.15, -0.1) is 0 Å². The molecule has 2 aromatic rings. The van der Waals surface area contributed by atoms with Crippen molar-refractivity contribution in [2.75, 3.05) is 13.6 Å². The topological polar surface area (TPSA) is 43.7 Å². The normalized spacial score (nSPS) is 21.9. The zero-order valence-corrected chi connectivity index (χ0v) is 12.5. The Morgan fingerprint density at radius 2 is 1.86 bits per heavy atom. The van der Waals surface area contributed by atoms with E-state index < -0.39 is 12.2 Å². The number of nitrogens with zero attached hydrogens (tertiary/aromatic N) is 1. The van der Waals surface area contributed by atoms with Crippen LogP contribution in [0.4, 0.5) is 4.39 Å². The second-order valence-electron chi connectivity index (χ2n) is 5.92. The molecule has 3 nitrogen and oxygen atoms in total. The first-order valence-electron chi connectivity index (χ1n) is 7.46. The van der Waals surface area contributed by atoms with E-state index in [1.165, 1.54) is 12.1 Å². The second-order valence-corrected chi connectivity index (χ2v) is 5.92. The van der Waals surface area contributed by atoms with E-state index >= 15 is 0 Å². The van der Waals surface area contributed by atoms with E-state index in [1.54, 1.807) is 12.1 Å². The molecule has 3 rings (SSSR count). The van der Waals surface area contributed by atoms with Gasteiger partial charge in [0.25, 0.3) is 0 Å². The Balaban J connectivity index is 1.68. The third-order valence-electron chi connectivity index (χ3n) is 4.45. The first-order chi connectivity index (χ1) is 10.6. The maximum absolute atomic E-state index is 12.9. The van der Waals surface area contributed by atoms with Crippen LogP contribution in [0.1, 0.15) is 28.9 Å². The molecule has 0 heterocycles. The quantitative estimate of drug-likeness (QED) is 0.911. The molecule has 4 heteroatoms. The molecule has 0 radical (unpaired) electrons. The van der Waals surface area contributed by atoms with Crippen LogP contribution in [0.15, 0.2) is 48.5 Å². The third kappa shape index (κ3) is 2.90. The molecular weight excluding hydrogens is 281 g/mol. The first-order valence-corrected chi connectivity index (χ1v) is 7.46. The summed E-state index contributed by atoms with van der Waals surface area (Å²) in [6.45, 7) is 0.390. The van der Waals surface area contributed by atoms with E-state index in [0.29, 0.717) is 12.1 Å². The van der Waals surface area contributed by atoms with E-state index in [4.69, 9.17) is 0 Å². The summed E-state index contributed by atoms with van der Waals surface area (Å²) in [7, 11) is 1.90. The second kappa shape index (κ2) is 6.16. The fourth-order valence-electron chi connectivity index (χ4n) is 3.15. The molecule has 0 aliphatic heterocycles. The van der Waals surface area contributed by atoms with Crippen LogP contribution in [0.3, 0.4) is 0 Å². The number of likely N-dealkylation sites (N-methyl/N-ethyl adjacent to an activating group) is 1. The van der Waals surface area contributed by atoms with Crippen LogP contribution in [-0.2, 0) is 6.42 Å². The van der Waals surface area contributed by atoms with Crippen molar-refractivity contribution in [3.63, 3.8) is 0 Å². The van der Waals surface area contributed by atoms with E-state index in [0.717, 1.165) is 17.5 Å². The Bertz CT molecular complexity index is 644. The van der Waals surface area contributed by atoms with Crippen molar-refractivity contribution < 1.29 is 14.6 Å². The Morgan fingerprint density at radius 3 is 2.55 bits per heavy atom. The van der Waals surface area contributed by atoms with E-state index in [9.17, 15) is 14.6 Å². The van der Waals surface area contributed by atoms with Gasteiger partial charge in [-0.2, -0.15) is 0 Å². The minimum atomic E-state index is -0.707. The highest BCUT2D eigenvalue weighted by Gasteiger charge is 2.33. The summed E-state index contributed by atoms with van der Waals surface area (Å²) in [4.78, 5) is 1.97. The van der Waals surface area contributed by atoms with Gasteiger partial charge >= 0.3 is 0 Å². The van der Waals surface area contributed by atoms with Crippen LogP contribution in [0, 0.1) is 5.82 Å². The lowest BCUT2D eigenvalue weighted by molar-refractivity contribution is 0.0431. The molecule has 1 aliphatic carbocycles. The number of fused-ring (bicyclic) bond motifs is 1. The number of hydrogen-bond donors (Lipinski definition) is 2. The van der Waals surface area contributed by atoms with Crippen molar-refractivity contribution in [3.8, 4) is 0 Å². The summed E-state index contributed by atoms with van der Waals surface area (Å²) in [5.74, 6) is -0.314. The van der Waals surface area contributed by atoms with Gasteiger partial charge < -0.3 is 10.2 Å². The summed E-state index contributed by atoms with van der Waals surface area (Å²) in [5, 5.41) is 20.8. The zero-order valence-electron chi connectivity index (χ0n) is 12.5. The van der Waals surface area contributed by atoms with Gasteiger partial charge in [-0.3, -0.25) is 4.90 Å². The van der Waals surface area contributed by atoms with Crippen LogP contribution < -0.4 is 0 Å². The van der Waals surface area contributed by atoms with Crippen LogP contribution in [-0.4, -0.2) is 34.7 Å². The van der Waals surface area contributed by atoms with Crippen molar-refractivity contribution in [1.29, 1.82) is 0 Å². The highest BCUT2D eigenvalue weighted by molar-refractivity contribution is 5.36. The fraction of sp³-hybridized carbons (Fsp3) is 0.333. The molecule has 0 aromatic heterocycles. The zero-order chi connectivity index (χ0) is 15.7. The van der Waals surface area contributed by atoms with Gasteiger partial charge in [0.15, 0.2) is 0 Å². The Labute approximate surface area is 129 Å². The molecule has 0 saturated heterocycles. The van der Waals surface area contributed by atoms with Gasteiger partial charge in [0.1, 0.15) is 5.82 Å². The Morgan fingerprint density at radius 1 is 1.18 bits per heavy atom. The van der Waals surface area contributed by atoms with Gasteiger partial charge in [0.2, 0.25) is 0 Å². The summed E-state index contributed by atoms with van der Waals surface area (Å²) in [5.41, 5.74) is 2.80. The molecule has 0 spiro atoms. The molecule has 116 valence electrons. The molecule has 2 aromatic carbocycles. The van der Waals surface area contributed by atoms with Crippen LogP contribution in [0.5, 0.6) is 0 Å². The van der Waals surface area contributed by atoms with Crippen molar-refractivity contribution >= 4 is 0 Å². The van der Waals surface area contributed by atoms with E-state index in [2.05, 4.69) is 0 Å². The first kappa shape index (κ1) is 15.2. The molecular formula is C18H20FNO2. The van der Waals surface area contributed by atoms with Crippen LogP contribution >= 0.6 is 0 Å². The molecule has 2 N–H and O–H groups in total. The highest BCUT2D eigenvalue weighted by Crippen LogP contribution is 2.34. The molecule has 0 saturated carbocycles. The van der Waals surface area contributed by atoms with Gasteiger partial charge in [-0.05, 0) is 42.3 Å². The predicted molar refractivity (Wildman–Crippen MR) is 82.9 cm³/mol. The minimum Gasteiger partial charge on any atom is -0.387 e. The van der Waals surface area contributed by atoms with E-state index in [1.807, 2.05) is 36.2 Å². The highest BCUT2D eigenvalue weighted by atomic mass is 19.1. The molecule has 22 heavy (non-hydrogen) atoms. The number of rotatable bonds is 4. The van der Waals surface area contributed by atoms with Crippen molar-refractivity contribution in [2.45, 2.75) is 24.7 Å². The van der Waals surface area contributed by atoms with Gasteiger partial charge in [-0.1, -0.05) is 36.4 Å². The predicted octanol–water partition coefficient (Wildman–Crippen LogP) is 2.45. The van der Waals surface area contributed by atoms with Gasteiger partial charge in [-0.25, -0.2) is 4.39 Å². The third-order valence-corrected chi connectivity index (χ3v) is 4.45. The monoisotopic (exact) mass is 301 g/mol. The standard InChI is InChI=1S/C18H20FNO2/c1-20(11-17(21)12-6-8-14(19)9-7-12)16-10-13-4-2-3-5-15(13)18(16)22/h2-9,16-18,21-22H,10-11H2,1H3/t16-,17+,18+/m1/s1. The van der Waals surface area contributed by atoms with Crippen molar-refractivity contribution in [1.82, 2.24) is 4.90 Å². The average molecular weight is 301 g/mol. The number of hydrogen-bond acceptors (Lipinski definition) is 3. The lowest BCUT2D eigenvalue weighted by atomic mass is 10.1. The molecule has 1 aliphatic rings. The Hall–Kier alpha value is -1.75. The summed E-state index contributed by atoms with van der Waals surface area (Å²) in [6, 6.07) is 13.7. The lowest BCUT2D eigenvalue weighted by Gasteiger charge is -2.29. The maximum Gasteiger partial charge on any atom is 0.123 e. The largest absolute Gasteiger partial charge is 0.387 e. The number of benzene rings is 2. The summed E-state index contributed by atoms with van der Waals surface area (Å²) in [6.07, 6.45) is -0.479. The van der Waals surface area contributed by atoms with Crippen molar-refractivity contribution in [2.24, 2.45) is 0 Å². The van der Waals surface area contributed by atoms with Crippen molar-refractivity contribution in [3.05, 3.63) is 71.0 Å². The lowest BCUT2D eigenvalue weighted by Crippen LogP contribution is -2.37. The molecule has 0 bridgehead atoms. The number of aliphatic hydroxyl groups is 2. The molecule has 0 fully saturated rings. The smallest absolute Gasteiger partial charge is 0.123 e. The fourth-order valence-corrected chi connectivity index (χ4v) is 3.15. The number of halogens is 1. The molecule has 0 unspecified atom stereocenters. The molecule has 3 atom stereocenters. The molecule has 0 amide bonds. The van der Waals surface area contributed by atoms with Crippen LogP contribution in [0.25, 0.3) is 0 Å². The summed E-state index contributed by atoms with van der Waals surface area (Å²) >= 11 is 0. The minimum absolute atomic E-state index is 0.0486. The maximum atomic E-state index is 12.9. The summed E-state index contributed by atoms with van der Waals surface area (Å²) < 4.78 is 12.9. The average Bonchev–Trinajstić information content (AvgIpc) is 2.85. The SMILES string of the molecule is CN(C[C@H](O)c1ccc(F)cc1)[C@@H]1Cc2ccccc2[C@@H]1O.